The summed E-state index contributed by atoms with van der Waals surface area (Å²) in [4.78, 5) is 24.6. The first kappa shape index (κ1) is 18.9. The molecule has 2 rings (SSSR count). The second-order valence-corrected chi connectivity index (χ2v) is 6.54. The zero-order chi connectivity index (χ0) is 18.1. The number of halogens is 5. The normalized spacial score (nSPS) is 18.0. The van der Waals surface area contributed by atoms with Gasteiger partial charge in [-0.25, -0.2) is 0 Å². The number of rotatable bonds is 4. The van der Waals surface area contributed by atoms with E-state index in [1.54, 1.807) is 6.07 Å². The minimum Gasteiger partial charge on any atom is -0.493 e. The van der Waals surface area contributed by atoms with Crippen molar-refractivity contribution in [3.63, 3.8) is 0 Å². The lowest BCUT2D eigenvalue weighted by molar-refractivity contribution is -0.157. The summed E-state index contributed by atoms with van der Waals surface area (Å²) in [5, 5.41) is 2.88. The van der Waals surface area contributed by atoms with Crippen LogP contribution < -0.4 is 10.1 Å². The molecule has 1 aromatic carbocycles. The van der Waals surface area contributed by atoms with E-state index in [-0.39, 0.29) is 18.7 Å². The van der Waals surface area contributed by atoms with Crippen molar-refractivity contribution in [2.24, 2.45) is 5.92 Å². The third-order valence-corrected chi connectivity index (χ3v) is 4.23. The van der Waals surface area contributed by atoms with E-state index in [1.807, 2.05) is 0 Å². The molecule has 0 bridgehead atoms. The van der Waals surface area contributed by atoms with Gasteiger partial charge in [0.25, 0.3) is 0 Å². The highest BCUT2D eigenvalue weighted by atomic mass is 79.9. The molecule has 1 N–H and O–H groups in total. The lowest BCUT2D eigenvalue weighted by Gasteiger charge is -2.18. The van der Waals surface area contributed by atoms with Crippen molar-refractivity contribution in [2.75, 3.05) is 25.5 Å². The van der Waals surface area contributed by atoms with E-state index >= 15 is 0 Å². The summed E-state index contributed by atoms with van der Waals surface area (Å²) in [5.74, 6) is -1.82. The Morgan fingerprint density at radius 3 is 2.75 bits per heavy atom. The fourth-order valence-electron chi connectivity index (χ4n) is 2.41. The van der Waals surface area contributed by atoms with Crippen LogP contribution in [0.5, 0.6) is 5.75 Å². The van der Waals surface area contributed by atoms with Crippen LogP contribution in [0.25, 0.3) is 0 Å². The van der Waals surface area contributed by atoms with E-state index < -0.39 is 30.5 Å². The number of nitrogens with one attached hydrogen (secondary N) is 1. The number of benzene rings is 1. The maximum Gasteiger partial charge on any atom is 0.406 e. The lowest BCUT2D eigenvalue weighted by atomic mass is 10.1. The molecule has 1 saturated heterocycles. The highest BCUT2D eigenvalue weighted by Gasteiger charge is 2.40. The number of methoxy groups -OCH3 is 1. The van der Waals surface area contributed by atoms with Gasteiger partial charge in [0.2, 0.25) is 11.8 Å². The Hall–Kier alpha value is -1.48. The Morgan fingerprint density at radius 1 is 1.50 bits per heavy atom. The molecule has 0 aliphatic carbocycles. The van der Waals surface area contributed by atoms with Gasteiger partial charge in [0.05, 0.1) is 23.2 Å². The number of carbonyl (C=O) groups is 2. The van der Waals surface area contributed by atoms with Gasteiger partial charge in [-0.3, -0.25) is 9.59 Å². The standard InChI is InChI=1S/C14H13BrClF3N2O3/c1-24-12-9(15)3-8(16)4-10(12)20-13(23)7-2-11(22)21(5-7)6-14(17,18)19/h3-4,7H,2,5-6H2,1H3,(H,20,23). The minimum atomic E-state index is -4.50. The quantitative estimate of drug-likeness (QED) is 0.797. The molecular weight excluding hydrogens is 417 g/mol. The van der Waals surface area contributed by atoms with E-state index in [0.29, 0.717) is 20.1 Å². The molecule has 1 unspecified atom stereocenters. The molecule has 0 aromatic heterocycles. The van der Waals surface area contributed by atoms with Gasteiger partial charge in [0.1, 0.15) is 6.54 Å². The van der Waals surface area contributed by atoms with Crippen LogP contribution in [0, 0.1) is 5.92 Å². The van der Waals surface area contributed by atoms with Gasteiger partial charge in [-0.1, -0.05) is 11.6 Å². The average molecular weight is 430 g/mol. The smallest absolute Gasteiger partial charge is 0.406 e. The highest BCUT2D eigenvalue weighted by molar-refractivity contribution is 9.10. The van der Waals surface area contributed by atoms with Crippen LogP contribution in [0.1, 0.15) is 6.42 Å². The van der Waals surface area contributed by atoms with Crippen molar-refractivity contribution in [2.45, 2.75) is 12.6 Å². The number of anilines is 1. The van der Waals surface area contributed by atoms with Gasteiger partial charge < -0.3 is 15.0 Å². The van der Waals surface area contributed by atoms with E-state index in [0.717, 1.165) is 0 Å². The molecule has 1 aliphatic rings. The Morgan fingerprint density at radius 2 is 2.17 bits per heavy atom. The largest absolute Gasteiger partial charge is 0.493 e. The number of hydrogen-bond donors (Lipinski definition) is 1. The van der Waals surface area contributed by atoms with Gasteiger partial charge >= 0.3 is 6.18 Å². The topological polar surface area (TPSA) is 58.6 Å². The molecule has 1 atom stereocenters. The van der Waals surface area contributed by atoms with E-state index in [1.165, 1.54) is 13.2 Å². The second kappa shape index (κ2) is 7.18. The van der Waals surface area contributed by atoms with Gasteiger partial charge in [0, 0.05) is 18.0 Å². The molecule has 0 radical (unpaired) electrons. The van der Waals surface area contributed by atoms with Crippen LogP contribution in [0.3, 0.4) is 0 Å². The molecule has 0 saturated carbocycles. The number of ether oxygens (including phenoxy) is 1. The van der Waals surface area contributed by atoms with Crippen LogP contribution >= 0.6 is 27.5 Å². The molecule has 1 heterocycles. The summed E-state index contributed by atoms with van der Waals surface area (Å²) in [6.45, 7) is -1.64. The molecule has 0 spiro atoms. The molecule has 10 heteroatoms. The molecule has 132 valence electrons. The maximum absolute atomic E-state index is 12.4. The molecule has 1 aliphatic heterocycles. The third-order valence-electron chi connectivity index (χ3n) is 3.43. The summed E-state index contributed by atoms with van der Waals surface area (Å²) in [5.41, 5.74) is 0.267. The Kier molecular flexibility index (Phi) is 5.64. The number of nitrogens with zero attached hydrogens (tertiary/aromatic N) is 1. The van der Waals surface area contributed by atoms with Crippen molar-refractivity contribution < 1.29 is 27.5 Å². The van der Waals surface area contributed by atoms with Crippen LogP contribution in [0.15, 0.2) is 16.6 Å². The zero-order valence-electron chi connectivity index (χ0n) is 12.4. The average Bonchev–Trinajstić information content (AvgIpc) is 2.77. The fraction of sp³-hybridized carbons (Fsp3) is 0.429. The summed E-state index contributed by atoms with van der Waals surface area (Å²) in [6, 6.07) is 3.02. The van der Waals surface area contributed by atoms with Crippen LogP contribution in [-0.4, -0.2) is 43.1 Å². The monoisotopic (exact) mass is 428 g/mol. The lowest BCUT2D eigenvalue weighted by Crippen LogP contribution is -2.36. The molecular formula is C14H13BrClF3N2O3. The van der Waals surface area contributed by atoms with Gasteiger partial charge in [-0.05, 0) is 28.1 Å². The Bertz CT molecular complexity index is 669. The van der Waals surface area contributed by atoms with E-state index in [4.69, 9.17) is 16.3 Å². The molecule has 1 fully saturated rings. The SMILES string of the molecule is COc1c(Br)cc(Cl)cc1NC(=O)C1CC(=O)N(CC(F)(F)F)C1. The molecule has 24 heavy (non-hydrogen) atoms. The van der Waals surface area contributed by atoms with Crippen molar-refractivity contribution in [1.82, 2.24) is 4.90 Å². The van der Waals surface area contributed by atoms with Crippen molar-refractivity contribution in [3.05, 3.63) is 21.6 Å². The van der Waals surface area contributed by atoms with E-state index in [9.17, 15) is 22.8 Å². The van der Waals surface area contributed by atoms with Crippen molar-refractivity contribution >= 4 is 45.0 Å². The predicted molar refractivity (Wildman–Crippen MR) is 85.1 cm³/mol. The number of alkyl halides is 3. The molecule has 5 nitrogen and oxygen atoms in total. The third kappa shape index (κ3) is 4.54. The van der Waals surface area contributed by atoms with Crippen LogP contribution in [-0.2, 0) is 9.59 Å². The second-order valence-electron chi connectivity index (χ2n) is 5.25. The van der Waals surface area contributed by atoms with Crippen molar-refractivity contribution in [1.29, 1.82) is 0 Å². The Labute approximate surface area is 149 Å². The van der Waals surface area contributed by atoms with Crippen LogP contribution in [0.2, 0.25) is 5.02 Å². The maximum atomic E-state index is 12.4. The molecule has 1 aromatic rings. The zero-order valence-corrected chi connectivity index (χ0v) is 14.8. The number of amides is 2. The first-order valence-corrected chi connectivity index (χ1v) is 7.96. The van der Waals surface area contributed by atoms with E-state index in [2.05, 4.69) is 21.2 Å². The van der Waals surface area contributed by atoms with Gasteiger partial charge in [0.15, 0.2) is 5.75 Å². The first-order valence-electron chi connectivity index (χ1n) is 6.79. The summed E-state index contributed by atoms with van der Waals surface area (Å²) < 4.78 is 42.9. The molecule has 2 amide bonds. The summed E-state index contributed by atoms with van der Waals surface area (Å²) in [6.07, 6.45) is -4.77. The number of likely N-dealkylation sites (tertiary alicyclic amines) is 1. The predicted octanol–water partition coefficient (Wildman–Crippen LogP) is 3.46. The first-order chi connectivity index (χ1) is 11.1. The number of carbonyl (C=O) groups excluding carboxylic acids is 2. The number of hydrogen-bond acceptors (Lipinski definition) is 3. The van der Waals surface area contributed by atoms with Gasteiger partial charge in [-0.15, -0.1) is 0 Å². The fourth-order valence-corrected chi connectivity index (χ4v) is 3.38. The van der Waals surface area contributed by atoms with Crippen molar-refractivity contribution in [3.8, 4) is 5.75 Å². The highest BCUT2D eigenvalue weighted by Crippen LogP contribution is 2.37. The summed E-state index contributed by atoms with van der Waals surface area (Å²) in [7, 11) is 1.40. The summed E-state index contributed by atoms with van der Waals surface area (Å²) >= 11 is 9.15. The van der Waals surface area contributed by atoms with Crippen LogP contribution in [0.4, 0.5) is 18.9 Å². The van der Waals surface area contributed by atoms with Gasteiger partial charge in [-0.2, -0.15) is 13.2 Å². The Balaban J connectivity index is 2.10. The minimum absolute atomic E-state index is 0.267.